The second-order valence-electron chi connectivity index (χ2n) is 6.31. The lowest BCUT2D eigenvalue weighted by atomic mass is 10.0. The molecule has 0 amide bonds. The maximum Gasteiger partial charge on any atom is 0.419 e. The lowest BCUT2D eigenvalue weighted by Gasteiger charge is -2.33. The highest BCUT2D eigenvalue weighted by Gasteiger charge is 2.67. The van der Waals surface area contributed by atoms with Crippen LogP contribution in [-0.2, 0) is 13.6 Å². The lowest BCUT2D eigenvalue weighted by Crippen LogP contribution is -2.36. The van der Waals surface area contributed by atoms with Crippen molar-refractivity contribution >= 4 is 13.2 Å². The van der Waals surface area contributed by atoms with E-state index in [0.717, 1.165) is 39.8 Å². The molecule has 0 aliphatic rings. The van der Waals surface area contributed by atoms with Gasteiger partial charge in [-0.05, 0) is 39.8 Å². The molecule has 0 aliphatic heterocycles. The average Bonchev–Trinajstić information content (AvgIpc) is 2.48. The molecule has 0 unspecified atom stereocenters. The van der Waals surface area contributed by atoms with Gasteiger partial charge in [0.2, 0.25) is 0 Å². The molecule has 0 aromatic carbocycles. The van der Waals surface area contributed by atoms with Crippen molar-refractivity contribution in [3.63, 3.8) is 0 Å². The van der Waals surface area contributed by atoms with Gasteiger partial charge in [0.05, 0.1) is 23.5 Å². The minimum atomic E-state index is -6.25. The summed E-state index contributed by atoms with van der Waals surface area (Å²) >= 11 is 0. The summed E-state index contributed by atoms with van der Waals surface area (Å²) < 4.78 is 133. The fourth-order valence-corrected chi connectivity index (χ4v) is 4.17. The summed E-state index contributed by atoms with van der Waals surface area (Å²) in [6.07, 6.45) is -14.2. The molecule has 0 fully saturated rings. The van der Waals surface area contributed by atoms with Crippen LogP contribution >= 0.6 is 7.60 Å². The number of pyridine rings is 1. The summed E-state index contributed by atoms with van der Waals surface area (Å²) in [6, 6.07) is 2.44. The Labute approximate surface area is 161 Å². The van der Waals surface area contributed by atoms with Gasteiger partial charge in [-0.25, -0.2) is 0 Å². The van der Waals surface area contributed by atoms with Crippen LogP contribution in [0.5, 0.6) is 0 Å². The van der Waals surface area contributed by atoms with Gasteiger partial charge in [-0.2, -0.15) is 35.1 Å². The normalized spacial score (nSPS) is 15.1. The van der Waals surface area contributed by atoms with E-state index in [1.54, 1.807) is 0 Å². The molecule has 29 heavy (non-hydrogen) atoms. The van der Waals surface area contributed by atoms with Crippen molar-refractivity contribution in [2.45, 2.75) is 57.9 Å². The summed E-state index contributed by atoms with van der Waals surface area (Å²) in [5, 5.41) is 0. The van der Waals surface area contributed by atoms with Gasteiger partial charge in [0, 0.05) is 6.20 Å². The van der Waals surface area contributed by atoms with Crippen LogP contribution in [0.15, 0.2) is 30.0 Å². The number of hydrogen-bond donors (Lipinski definition) is 0. The number of aromatic nitrogens is 1. The van der Waals surface area contributed by atoms with Crippen molar-refractivity contribution in [2.24, 2.45) is 0 Å². The van der Waals surface area contributed by atoms with E-state index in [-0.39, 0.29) is 0 Å². The van der Waals surface area contributed by atoms with Crippen molar-refractivity contribution in [3.05, 3.63) is 35.7 Å². The van der Waals surface area contributed by atoms with Gasteiger partial charge in [-0.15, -0.1) is 0 Å². The van der Waals surface area contributed by atoms with Gasteiger partial charge < -0.3 is 9.05 Å². The van der Waals surface area contributed by atoms with Crippen LogP contribution in [0.4, 0.5) is 35.1 Å². The van der Waals surface area contributed by atoms with Crippen molar-refractivity contribution < 1.29 is 48.7 Å². The standard InChI is InChI=1S/C16H18F8NO3P/c1-9(2)27-29(26,28-10(3)4)16(23,24)13(15(20,21)22)12(14(17,18)19)11-7-5-6-8-25-11/h5-10H,1-4H3/b13-12-. The molecule has 0 atom stereocenters. The van der Waals surface area contributed by atoms with E-state index >= 15 is 8.78 Å². The number of hydrogen-bond acceptors (Lipinski definition) is 4. The number of rotatable bonds is 7. The van der Waals surface area contributed by atoms with Crippen molar-refractivity contribution in [2.75, 3.05) is 0 Å². The van der Waals surface area contributed by atoms with Gasteiger partial charge in [-0.1, -0.05) is 6.07 Å². The summed E-state index contributed by atoms with van der Waals surface area (Å²) in [6.45, 7) is 4.25. The molecule has 1 heterocycles. The quantitative estimate of drug-likeness (QED) is 0.344. The molecule has 0 aliphatic carbocycles. The Morgan fingerprint density at radius 2 is 1.38 bits per heavy atom. The summed E-state index contributed by atoms with van der Waals surface area (Å²) in [5.41, 5.74) is -13.3. The monoisotopic (exact) mass is 455 g/mol. The third-order valence-electron chi connectivity index (χ3n) is 3.08. The van der Waals surface area contributed by atoms with E-state index in [0.29, 0.717) is 12.3 Å². The first-order valence-electron chi connectivity index (χ1n) is 8.08. The first-order chi connectivity index (χ1) is 12.9. The zero-order valence-corrected chi connectivity index (χ0v) is 16.5. The molecule has 1 aromatic rings. The average molecular weight is 455 g/mol. The van der Waals surface area contributed by atoms with Crippen LogP contribution in [0.3, 0.4) is 0 Å². The smallest absolute Gasteiger partial charge is 0.301 e. The van der Waals surface area contributed by atoms with Gasteiger partial charge in [0.25, 0.3) is 0 Å². The van der Waals surface area contributed by atoms with E-state index in [1.165, 1.54) is 0 Å². The van der Waals surface area contributed by atoms with Crippen LogP contribution < -0.4 is 0 Å². The van der Waals surface area contributed by atoms with Crippen molar-refractivity contribution in [1.82, 2.24) is 4.98 Å². The van der Waals surface area contributed by atoms with Gasteiger partial charge in [0.1, 0.15) is 5.57 Å². The Hall–Kier alpha value is -1.52. The van der Waals surface area contributed by atoms with E-state index in [2.05, 4.69) is 14.0 Å². The maximum absolute atomic E-state index is 15.0. The highest BCUT2D eigenvalue weighted by Crippen LogP contribution is 2.69. The Kier molecular flexibility index (Phi) is 7.65. The molecule has 0 bridgehead atoms. The molecule has 1 aromatic heterocycles. The van der Waals surface area contributed by atoms with Gasteiger partial charge in [-0.3, -0.25) is 9.55 Å². The molecule has 0 saturated heterocycles. The molecular formula is C16H18F8NO3P. The lowest BCUT2D eigenvalue weighted by molar-refractivity contribution is -0.126. The van der Waals surface area contributed by atoms with E-state index in [1.807, 2.05) is 0 Å². The van der Waals surface area contributed by atoms with Crippen LogP contribution in [0, 0.1) is 0 Å². The Morgan fingerprint density at radius 1 is 0.897 bits per heavy atom. The Bertz CT molecular complexity index is 759. The molecule has 1 rings (SSSR count). The Balaban J connectivity index is 4.01. The van der Waals surface area contributed by atoms with E-state index in [9.17, 15) is 30.9 Å². The molecule has 4 nitrogen and oxygen atoms in total. The first-order valence-corrected chi connectivity index (χ1v) is 9.63. The first kappa shape index (κ1) is 25.5. The van der Waals surface area contributed by atoms with Crippen molar-refractivity contribution in [3.8, 4) is 0 Å². The highest BCUT2D eigenvalue weighted by atomic mass is 31.2. The zero-order chi connectivity index (χ0) is 22.8. The molecular weight excluding hydrogens is 437 g/mol. The zero-order valence-electron chi connectivity index (χ0n) is 15.6. The maximum atomic E-state index is 15.0. The minimum absolute atomic E-state index is 0.474. The second kappa shape index (κ2) is 8.69. The molecule has 13 heteroatoms. The molecule has 0 spiro atoms. The SMILES string of the molecule is CC(C)OP(=O)(OC(C)C)C(F)(F)/C(=C(/c1ccccn1)C(F)(F)F)C(F)(F)F. The summed E-state index contributed by atoms with van der Waals surface area (Å²) in [7, 11) is -6.07. The number of alkyl halides is 8. The number of halogens is 8. The third-order valence-corrected chi connectivity index (χ3v) is 5.39. The van der Waals surface area contributed by atoms with Crippen LogP contribution in [-0.4, -0.2) is 35.2 Å². The fraction of sp³-hybridized carbons (Fsp3) is 0.562. The fourth-order valence-electron chi connectivity index (χ4n) is 2.24. The number of nitrogens with zero attached hydrogens (tertiary/aromatic N) is 1. The van der Waals surface area contributed by atoms with Gasteiger partial charge >= 0.3 is 25.6 Å². The highest BCUT2D eigenvalue weighted by molar-refractivity contribution is 7.55. The van der Waals surface area contributed by atoms with Crippen LogP contribution in [0.2, 0.25) is 0 Å². The third kappa shape index (κ3) is 5.99. The molecule has 0 saturated carbocycles. The largest absolute Gasteiger partial charge is 0.419 e. The Morgan fingerprint density at radius 3 is 1.69 bits per heavy atom. The minimum Gasteiger partial charge on any atom is -0.301 e. The molecule has 0 radical (unpaired) electrons. The van der Waals surface area contributed by atoms with Crippen LogP contribution in [0.1, 0.15) is 33.4 Å². The second-order valence-corrected chi connectivity index (χ2v) is 8.29. The number of allylic oxidation sites excluding steroid dienone is 2. The summed E-state index contributed by atoms with van der Waals surface area (Å²) in [4.78, 5) is 3.11. The predicted octanol–water partition coefficient (Wildman–Crippen LogP) is 6.60. The van der Waals surface area contributed by atoms with Gasteiger partial charge in [0.15, 0.2) is 0 Å². The predicted molar refractivity (Wildman–Crippen MR) is 88.3 cm³/mol. The molecule has 166 valence electrons. The molecule has 0 N–H and O–H groups in total. The van der Waals surface area contributed by atoms with E-state index < -0.39 is 54.7 Å². The van der Waals surface area contributed by atoms with Crippen LogP contribution in [0.25, 0.3) is 5.57 Å². The summed E-state index contributed by atoms with van der Waals surface area (Å²) in [5.74, 6) is 0. The van der Waals surface area contributed by atoms with E-state index in [4.69, 9.17) is 0 Å². The van der Waals surface area contributed by atoms with Crippen molar-refractivity contribution in [1.29, 1.82) is 0 Å². The topological polar surface area (TPSA) is 48.4 Å².